The second kappa shape index (κ2) is 4.85. The largest absolute Gasteiger partial charge is 0.503 e. The minimum Gasteiger partial charge on any atom is -0.503 e. The van der Waals surface area contributed by atoms with Crippen LogP contribution in [-0.2, 0) is 0 Å². The van der Waals surface area contributed by atoms with Crippen molar-refractivity contribution < 1.29 is 44.6 Å². The van der Waals surface area contributed by atoms with E-state index < -0.39 is 63.4 Å². The molecule has 0 heterocycles. The predicted molar refractivity (Wildman–Crippen MR) is 55.0 cm³/mol. The van der Waals surface area contributed by atoms with Crippen LogP contribution in [0.15, 0.2) is 0 Å². The molecular weight excluding hydrogens is 333 g/mol. The summed E-state index contributed by atoms with van der Waals surface area (Å²) in [5, 5.41) is 5.34. The van der Waals surface area contributed by atoms with E-state index in [9.17, 15) is 39.5 Å². The van der Waals surface area contributed by atoms with Gasteiger partial charge in [-0.3, -0.25) is 5.32 Å². The number of alkyl halides is 3. The van der Waals surface area contributed by atoms with Gasteiger partial charge in [0.05, 0.1) is 10.8 Å². The van der Waals surface area contributed by atoms with E-state index >= 15 is 0 Å². The SMILES string of the molecule is Oc1c(F)c(F)c2c(F)c(NC(F)(F)F)c(F)c(F)c2c1F. The second-order valence-electron chi connectivity index (χ2n) is 3.98. The molecule has 11 heteroatoms. The smallest absolute Gasteiger partial charge is 0.482 e. The number of rotatable bonds is 1. The highest BCUT2D eigenvalue weighted by Gasteiger charge is 2.35. The molecule has 22 heavy (non-hydrogen) atoms. The van der Waals surface area contributed by atoms with Crippen LogP contribution in [0.1, 0.15) is 0 Å². The quantitative estimate of drug-likeness (QED) is 0.462. The zero-order chi connectivity index (χ0) is 17.0. The number of hydrogen-bond donors (Lipinski definition) is 2. The molecule has 2 aromatic rings. The Bertz CT molecular complexity index is 784. The standard InChI is InChI=1S/C11H2F9NO/c12-3-2-1(4(13)8(17)10(22)6(2)15)5(14)9(7(3)16)21-11(18,19)20/h21-22H. The Morgan fingerprint density at radius 2 is 1.09 bits per heavy atom. The van der Waals surface area contributed by atoms with Gasteiger partial charge in [-0.05, 0) is 0 Å². The van der Waals surface area contributed by atoms with Crippen molar-refractivity contribution in [2.75, 3.05) is 5.32 Å². The molecule has 2 nitrogen and oxygen atoms in total. The summed E-state index contributed by atoms with van der Waals surface area (Å²) in [6.45, 7) is 0. The Morgan fingerprint density at radius 1 is 0.636 bits per heavy atom. The fourth-order valence-electron chi connectivity index (χ4n) is 1.75. The Hall–Kier alpha value is -2.33. The van der Waals surface area contributed by atoms with E-state index in [-0.39, 0.29) is 5.32 Å². The first-order valence-electron chi connectivity index (χ1n) is 5.17. The van der Waals surface area contributed by atoms with Crippen LogP contribution in [0.4, 0.5) is 45.2 Å². The lowest BCUT2D eigenvalue weighted by molar-refractivity contribution is -0.100. The number of nitrogens with one attached hydrogen (secondary N) is 1. The van der Waals surface area contributed by atoms with E-state index in [0.717, 1.165) is 0 Å². The first kappa shape index (κ1) is 16.0. The van der Waals surface area contributed by atoms with E-state index in [1.807, 2.05) is 0 Å². The van der Waals surface area contributed by atoms with Gasteiger partial charge < -0.3 is 5.11 Å². The third-order valence-corrected chi connectivity index (χ3v) is 2.63. The molecule has 0 radical (unpaired) electrons. The molecule has 0 unspecified atom stereocenters. The van der Waals surface area contributed by atoms with Crippen molar-refractivity contribution in [3.8, 4) is 5.75 Å². The highest BCUT2D eigenvalue weighted by Crippen LogP contribution is 2.40. The van der Waals surface area contributed by atoms with Gasteiger partial charge in [-0.25, -0.2) is 22.0 Å². The fraction of sp³-hybridized carbons (Fsp3) is 0.0909. The minimum atomic E-state index is -5.44. The maximum atomic E-state index is 13.8. The summed E-state index contributed by atoms with van der Waals surface area (Å²) in [6.07, 6.45) is -5.44. The number of phenolic OH excluding ortho intramolecular Hbond substituents is 1. The third kappa shape index (κ3) is 2.25. The van der Waals surface area contributed by atoms with Crippen LogP contribution in [0.3, 0.4) is 0 Å². The molecule has 2 aromatic carbocycles. The molecule has 0 spiro atoms. The van der Waals surface area contributed by atoms with Gasteiger partial charge >= 0.3 is 6.30 Å². The van der Waals surface area contributed by atoms with E-state index in [4.69, 9.17) is 5.11 Å². The summed E-state index contributed by atoms with van der Waals surface area (Å²) >= 11 is 0. The lowest BCUT2D eigenvalue weighted by atomic mass is 10.0. The van der Waals surface area contributed by atoms with E-state index in [2.05, 4.69) is 0 Å². The van der Waals surface area contributed by atoms with Crippen molar-refractivity contribution in [1.29, 1.82) is 0 Å². The monoisotopic (exact) mass is 335 g/mol. The molecule has 0 aliphatic heterocycles. The molecule has 120 valence electrons. The highest BCUT2D eigenvalue weighted by molar-refractivity contribution is 5.90. The Morgan fingerprint density at radius 3 is 1.59 bits per heavy atom. The van der Waals surface area contributed by atoms with Gasteiger partial charge in [0.15, 0.2) is 34.8 Å². The lowest BCUT2D eigenvalue weighted by Crippen LogP contribution is -2.23. The van der Waals surface area contributed by atoms with Crippen molar-refractivity contribution >= 4 is 16.5 Å². The van der Waals surface area contributed by atoms with Crippen LogP contribution < -0.4 is 5.32 Å². The zero-order valence-corrected chi connectivity index (χ0v) is 9.85. The number of phenols is 1. The van der Waals surface area contributed by atoms with Gasteiger partial charge in [0.25, 0.3) is 0 Å². The maximum Gasteiger partial charge on any atom is 0.482 e. The molecule has 0 saturated carbocycles. The van der Waals surface area contributed by atoms with Crippen molar-refractivity contribution in [2.24, 2.45) is 0 Å². The van der Waals surface area contributed by atoms with Crippen molar-refractivity contribution in [2.45, 2.75) is 6.30 Å². The number of fused-ring (bicyclic) bond motifs is 1. The Labute approximate surface area is 114 Å². The molecule has 2 N–H and O–H groups in total. The van der Waals surface area contributed by atoms with Crippen molar-refractivity contribution in [3.63, 3.8) is 0 Å². The lowest BCUT2D eigenvalue weighted by Gasteiger charge is -2.15. The number of benzene rings is 2. The molecule has 0 aliphatic rings. The summed E-state index contributed by atoms with van der Waals surface area (Å²) in [6, 6.07) is 0. The van der Waals surface area contributed by atoms with Gasteiger partial charge in [0, 0.05) is 0 Å². The van der Waals surface area contributed by atoms with Crippen molar-refractivity contribution in [1.82, 2.24) is 0 Å². The average Bonchev–Trinajstić information content (AvgIpc) is 2.41. The summed E-state index contributed by atoms with van der Waals surface area (Å²) in [4.78, 5) is 0. The average molecular weight is 335 g/mol. The Kier molecular flexibility index (Phi) is 3.54. The van der Waals surface area contributed by atoms with Crippen LogP contribution in [0.2, 0.25) is 0 Å². The molecule has 0 aliphatic carbocycles. The molecule has 0 aromatic heterocycles. The van der Waals surface area contributed by atoms with E-state index in [1.54, 1.807) is 0 Å². The second-order valence-corrected chi connectivity index (χ2v) is 3.98. The summed E-state index contributed by atoms with van der Waals surface area (Å²) in [5.41, 5.74) is -2.18. The zero-order valence-electron chi connectivity index (χ0n) is 9.85. The third-order valence-electron chi connectivity index (χ3n) is 2.63. The first-order chi connectivity index (χ1) is 9.97. The minimum absolute atomic E-state index is 0.267. The van der Waals surface area contributed by atoms with E-state index in [1.165, 1.54) is 0 Å². The van der Waals surface area contributed by atoms with Crippen molar-refractivity contribution in [3.05, 3.63) is 34.9 Å². The molecule has 0 bridgehead atoms. The summed E-state index contributed by atoms with van der Waals surface area (Å²) in [5.74, 6) is -16.5. The van der Waals surface area contributed by atoms with Crippen LogP contribution >= 0.6 is 0 Å². The van der Waals surface area contributed by atoms with E-state index in [0.29, 0.717) is 0 Å². The molecular formula is C11H2F9NO. The number of anilines is 1. The predicted octanol–water partition coefficient (Wildman–Crippen LogP) is 4.31. The summed E-state index contributed by atoms with van der Waals surface area (Å²) < 4.78 is 117. The van der Waals surface area contributed by atoms with Gasteiger partial charge in [-0.1, -0.05) is 0 Å². The van der Waals surface area contributed by atoms with Crippen LogP contribution in [0, 0.1) is 34.9 Å². The first-order valence-corrected chi connectivity index (χ1v) is 5.17. The molecule has 0 saturated heterocycles. The van der Waals surface area contributed by atoms with Crippen LogP contribution in [0.25, 0.3) is 10.8 Å². The topological polar surface area (TPSA) is 32.3 Å². The molecule has 0 atom stereocenters. The highest BCUT2D eigenvalue weighted by atomic mass is 19.4. The van der Waals surface area contributed by atoms with Crippen LogP contribution in [0.5, 0.6) is 5.75 Å². The van der Waals surface area contributed by atoms with Gasteiger partial charge in [0.2, 0.25) is 5.82 Å². The number of hydrogen-bond acceptors (Lipinski definition) is 2. The van der Waals surface area contributed by atoms with Gasteiger partial charge in [0.1, 0.15) is 5.69 Å². The maximum absolute atomic E-state index is 13.8. The normalized spacial score (nSPS) is 12.0. The number of halogens is 9. The summed E-state index contributed by atoms with van der Waals surface area (Å²) in [7, 11) is 0. The Balaban J connectivity index is 3.01. The molecule has 0 fully saturated rings. The van der Waals surface area contributed by atoms with Gasteiger partial charge in [-0.15, -0.1) is 0 Å². The fourth-order valence-corrected chi connectivity index (χ4v) is 1.75. The number of aromatic hydroxyl groups is 1. The molecule has 0 amide bonds. The van der Waals surface area contributed by atoms with Crippen LogP contribution in [-0.4, -0.2) is 11.4 Å². The molecule has 2 rings (SSSR count). The van der Waals surface area contributed by atoms with Gasteiger partial charge in [-0.2, -0.15) is 17.6 Å².